The number of hydrogen-bond donors (Lipinski definition) is 0. The predicted octanol–water partition coefficient (Wildman–Crippen LogP) is 5.42. The van der Waals surface area contributed by atoms with Crippen molar-refractivity contribution < 1.29 is 0 Å². The topological polar surface area (TPSA) is 0 Å². The van der Waals surface area contributed by atoms with Gasteiger partial charge in [-0.2, -0.15) is 0 Å². The molecule has 2 aromatic carbocycles. The third kappa shape index (κ3) is 1.74. The van der Waals surface area contributed by atoms with Gasteiger partial charge in [-0.1, -0.05) is 75.4 Å². The smallest absolute Gasteiger partial charge is 0.0159 e. The molecule has 0 saturated carbocycles. The number of benzene rings is 2. The van der Waals surface area contributed by atoms with Gasteiger partial charge in [0.25, 0.3) is 0 Å². The minimum Gasteiger partial charge on any atom is -0.0842 e. The van der Waals surface area contributed by atoms with E-state index >= 15 is 0 Å². The zero-order chi connectivity index (χ0) is 13.5. The van der Waals surface area contributed by atoms with Crippen LogP contribution in [0.25, 0.3) is 17.2 Å². The van der Waals surface area contributed by atoms with Gasteiger partial charge in [0, 0.05) is 5.41 Å². The highest BCUT2D eigenvalue weighted by Gasteiger charge is 2.35. The molecule has 0 fully saturated rings. The summed E-state index contributed by atoms with van der Waals surface area (Å²) in [5, 5.41) is 0. The summed E-state index contributed by atoms with van der Waals surface area (Å²) in [7, 11) is 0. The molecule has 0 aromatic heterocycles. The minimum atomic E-state index is 0.113. The Labute approximate surface area is 115 Å². The SMILES string of the molecule is CC/C=C\c1cccc2c1-c1ccccc1C2(C)C. The summed E-state index contributed by atoms with van der Waals surface area (Å²) in [6.07, 6.45) is 5.58. The quantitative estimate of drug-likeness (QED) is 0.666. The first-order valence-corrected chi connectivity index (χ1v) is 7.06. The summed E-state index contributed by atoms with van der Waals surface area (Å²) < 4.78 is 0. The van der Waals surface area contributed by atoms with E-state index in [1.807, 2.05) is 0 Å². The summed E-state index contributed by atoms with van der Waals surface area (Å²) in [5.41, 5.74) is 7.18. The lowest BCUT2D eigenvalue weighted by Crippen LogP contribution is -2.14. The van der Waals surface area contributed by atoms with E-state index in [9.17, 15) is 0 Å². The Morgan fingerprint density at radius 1 is 0.947 bits per heavy atom. The fourth-order valence-corrected chi connectivity index (χ4v) is 3.17. The third-order valence-corrected chi connectivity index (χ3v) is 4.17. The highest BCUT2D eigenvalue weighted by molar-refractivity contribution is 5.87. The average Bonchev–Trinajstić information content (AvgIpc) is 2.67. The molecule has 0 unspecified atom stereocenters. The van der Waals surface area contributed by atoms with E-state index in [-0.39, 0.29) is 5.41 Å². The van der Waals surface area contributed by atoms with Gasteiger partial charge in [-0.05, 0) is 34.2 Å². The Morgan fingerprint density at radius 3 is 2.47 bits per heavy atom. The second-order valence-electron chi connectivity index (χ2n) is 5.75. The van der Waals surface area contributed by atoms with E-state index in [0.29, 0.717) is 0 Å². The largest absolute Gasteiger partial charge is 0.0842 e. The summed E-state index contributed by atoms with van der Waals surface area (Å²) in [5.74, 6) is 0. The standard InChI is InChI=1S/C19H20/c1-4-5-9-14-10-8-13-17-18(14)15-11-6-7-12-16(15)19(17,2)3/h5-13H,4H2,1-3H3/b9-5-. The van der Waals surface area contributed by atoms with Crippen molar-refractivity contribution >= 4 is 6.08 Å². The van der Waals surface area contributed by atoms with Crippen LogP contribution in [0.3, 0.4) is 0 Å². The molecule has 0 atom stereocenters. The Balaban J connectivity index is 2.31. The summed E-state index contributed by atoms with van der Waals surface area (Å²) in [6, 6.07) is 15.5. The fraction of sp³-hybridized carbons (Fsp3) is 0.263. The lowest BCUT2D eigenvalue weighted by molar-refractivity contribution is 0.660. The first-order chi connectivity index (χ1) is 9.16. The predicted molar refractivity (Wildman–Crippen MR) is 83.3 cm³/mol. The molecule has 96 valence electrons. The van der Waals surface area contributed by atoms with Crippen LogP contribution in [-0.4, -0.2) is 0 Å². The molecule has 0 saturated heterocycles. The summed E-state index contributed by atoms with van der Waals surface area (Å²) in [6.45, 7) is 6.83. The van der Waals surface area contributed by atoms with Crippen molar-refractivity contribution in [3.8, 4) is 11.1 Å². The molecule has 19 heavy (non-hydrogen) atoms. The van der Waals surface area contributed by atoms with Crippen molar-refractivity contribution in [2.24, 2.45) is 0 Å². The van der Waals surface area contributed by atoms with Crippen LogP contribution in [0, 0.1) is 0 Å². The van der Waals surface area contributed by atoms with Gasteiger partial charge in [0.05, 0.1) is 0 Å². The van der Waals surface area contributed by atoms with Gasteiger partial charge in [-0.25, -0.2) is 0 Å². The maximum atomic E-state index is 2.32. The molecule has 3 rings (SSSR count). The molecule has 2 aromatic rings. The Bertz CT molecular complexity index is 645. The second-order valence-corrected chi connectivity index (χ2v) is 5.75. The molecule has 0 amide bonds. The van der Waals surface area contributed by atoms with Crippen molar-refractivity contribution in [3.63, 3.8) is 0 Å². The molecule has 0 N–H and O–H groups in total. The summed E-state index contributed by atoms with van der Waals surface area (Å²) >= 11 is 0. The van der Waals surface area contributed by atoms with Crippen molar-refractivity contribution in [2.45, 2.75) is 32.6 Å². The highest BCUT2D eigenvalue weighted by Crippen LogP contribution is 2.49. The van der Waals surface area contributed by atoms with Crippen LogP contribution in [0.15, 0.2) is 48.5 Å². The van der Waals surface area contributed by atoms with Gasteiger partial charge >= 0.3 is 0 Å². The maximum Gasteiger partial charge on any atom is 0.0159 e. The number of hydrogen-bond acceptors (Lipinski definition) is 0. The Morgan fingerprint density at radius 2 is 1.68 bits per heavy atom. The molecule has 0 bridgehead atoms. The van der Waals surface area contributed by atoms with Crippen LogP contribution < -0.4 is 0 Å². The average molecular weight is 248 g/mol. The van der Waals surface area contributed by atoms with Gasteiger partial charge < -0.3 is 0 Å². The number of allylic oxidation sites excluding steroid dienone is 1. The molecule has 0 nitrogen and oxygen atoms in total. The lowest BCUT2D eigenvalue weighted by atomic mass is 9.82. The third-order valence-electron chi connectivity index (χ3n) is 4.17. The minimum absolute atomic E-state index is 0.113. The van der Waals surface area contributed by atoms with Crippen LogP contribution in [0.5, 0.6) is 0 Å². The lowest BCUT2D eigenvalue weighted by Gasteiger charge is -2.21. The van der Waals surface area contributed by atoms with Crippen molar-refractivity contribution in [1.29, 1.82) is 0 Å². The molecule has 0 spiro atoms. The van der Waals surface area contributed by atoms with E-state index in [4.69, 9.17) is 0 Å². The van der Waals surface area contributed by atoms with Gasteiger partial charge in [0.2, 0.25) is 0 Å². The van der Waals surface area contributed by atoms with Gasteiger partial charge in [0.15, 0.2) is 0 Å². The molecule has 1 aliphatic carbocycles. The first kappa shape index (κ1) is 12.2. The highest BCUT2D eigenvalue weighted by atomic mass is 14.4. The zero-order valence-electron chi connectivity index (χ0n) is 11.9. The van der Waals surface area contributed by atoms with E-state index in [2.05, 4.69) is 75.4 Å². The fourth-order valence-electron chi connectivity index (χ4n) is 3.17. The van der Waals surface area contributed by atoms with Crippen LogP contribution in [0.2, 0.25) is 0 Å². The molecular formula is C19H20. The molecule has 0 aliphatic heterocycles. The van der Waals surface area contributed by atoms with Crippen LogP contribution >= 0.6 is 0 Å². The Kier molecular flexibility index (Phi) is 2.82. The monoisotopic (exact) mass is 248 g/mol. The molecular weight excluding hydrogens is 228 g/mol. The molecule has 0 radical (unpaired) electrons. The molecule has 0 heterocycles. The van der Waals surface area contributed by atoms with Crippen molar-refractivity contribution in [1.82, 2.24) is 0 Å². The van der Waals surface area contributed by atoms with E-state index < -0.39 is 0 Å². The normalized spacial score (nSPS) is 15.5. The number of rotatable bonds is 2. The molecule has 0 heteroatoms. The van der Waals surface area contributed by atoms with Gasteiger partial charge in [-0.15, -0.1) is 0 Å². The summed E-state index contributed by atoms with van der Waals surface area (Å²) in [4.78, 5) is 0. The van der Waals surface area contributed by atoms with Crippen LogP contribution in [0.1, 0.15) is 43.9 Å². The van der Waals surface area contributed by atoms with Gasteiger partial charge in [-0.3, -0.25) is 0 Å². The van der Waals surface area contributed by atoms with Crippen molar-refractivity contribution in [2.75, 3.05) is 0 Å². The molecule has 1 aliphatic rings. The first-order valence-electron chi connectivity index (χ1n) is 7.06. The van der Waals surface area contributed by atoms with Gasteiger partial charge in [0.1, 0.15) is 0 Å². The second kappa shape index (κ2) is 4.38. The maximum absolute atomic E-state index is 2.32. The van der Waals surface area contributed by atoms with Crippen molar-refractivity contribution in [3.05, 3.63) is 65.2 Å². The van der Waals surface area contributed by atoms with E-state index in [1.165, 1.54) is 27.8 Å². The van der Waals surface area contributed by atoms with Crippen LogP contribution in [-0.2, 0) is 5.41 Å². The van der Waals surface area contributed by atoms with E-state index in [0.717, 1.165) is 6.42 Å². The van der Waals surface area contributed by atoms with E-state index in [1.54, 1.807) is 0 Å². The Hall–Kier alpha value is -1.82. The van der Waals surface area contributed by atoms with Crippen LogP contribution in [0.4, 0.5) is 0 Å². The number of fused-ring (bicyclic) bond motifs is 3. The zero-order valence-corrected chi connectivity index (χ0v) is 11.9.